The van der Waals surface area contributed by atoms with Gasteiger partial charge in [-0.05, 0) is 12.6 Å². The summed E-state index contributed by atoms with van der Waals surface area (Å²) >= 11 is 0. The second kappa shape index (κ2) is 6.15. The van der Waals surface area contributed by atoms with Crippen molar-refractivity contribution < 1.29 is 9.47 Å². The van der Waals surface area contributed by atoms with Crippen LogP contribution in [0.4, 0.5) is 0 Å². The predicted molar refractivity (Wildman–Crippen MR) is 68.3 cm³/mol. The Hall–Kier alpha value is -0.900. The maximum Gasteiger partial charge on any atom is 0.0889 e. The molecule has 3 heteroatoms. The number of ether oxygens (including phenoxy) is 2. The number of rotatable bonds is 3. The van der Waals surface area contributed by atoms with Crippen molar-refractivity contribution in [3.63, 3.8) is 0 Å². The van der Waals surface area contributed by atoms with E-state index in [0.29, 0.717) is 12.5 Å². The summed E-state index contributed by atoms with van der Waals surface area (Å²) in [4.78, 5) is 2.33. The molecular weight excluding hydrogens is 214 g/mol. The van der Waals surface area contributed by atoms with Gasteiger partial charge in [0.25, 0.3) is 0 Å². The van der Waals surface area contributed by atoms with E-state index in [-0.39, 0.29) is 6.10 Å². The molecule has 1 saturated heterocycles. The van der Waals surface area contributed by atoms with Crippen molar-refractivity contribution in [2.75, 3.05) is 40.5 Å². The third-order valence-electron chi connectivity index (χ3n) is 3.32. The predicted octanol–water partition coefficient (Wildman–Crippen LogP) is 1.75. The molecule has 0 radical (unpaired) electrons. The van der Waals surface area contributed by atoms with Gasteiger partial charge in [0, 0.05) is 26.1 Å². The quantitative estimate of drug-likeness (QED) is 0.796. The standard InChI is InChI=1S/C14H21NO2/c1-15-8-9-17-14(11-16-2)13(10-15)12-6-4-3-5-7-12/h3-7,13-14H,8-11H2,1-2H3/t13?,14-/m1/s1. The SMILES string of the molecule is COC[C@H]1OCCN(C)CC1c1ccccc1. The Balaban J connectivity index is 2.18. The minimum Gasteiger partial charge on any atom is -0.382 e. The number of hydrogen-bond donors (Lipinski definition) is 0. The van der Waals surface area contributed by atoms with Crippen LogP contribution < -0.4 is 0 Å². The maximum absolute atomic E-state index is 5.91. The van der Waals surface area contributed by atoms with Crippen molar-refractivity contribution in [2.24, 2.45) is 0 Å². The van der Waals surface area contributed by atoms with Crippen LogP contribution in [0.25, 0.3) is 0 Å². The van der Waals surface area contributed by atoms with Crippen molar-refractivity contribution in [3.05, 3.63) is 35.9 Å². The Labute approximate surface area is 103 Å². The molecule has 1 aromatic carbocycles. The molecule has 0 N–H and O–H groups in total. The van der Waals surface area contributed by atoms with E-state index in [4.69, 9.17) is 9.47 Å². The van der Waals surface area contributed by atoms with Gasteiger partial charge in [-0.1, -0.05) is 30.3 Å². The first-order valence-corrected chi connectivity index (χ1v) is 6.15. The van der Waals surface area contributed by atoms with Gasteiger partial charge in [-0.3, -0.25) is 0 Å². The van der Waals surface area contributed by atoms with E-state index in [0.717, 1.165) is 19.7 Å². The Kier molecular flexibility index (Phi) is 4.54. The lowest BCUT2D eigenvalue weighted by Gasteiger charge is -2.26. The third-order valence-corrected chi connectivity index (χ3v) is 3.32. The molecule has 1 unspecified atom stereocenters. The van der Waals surface area contributed by atoms with E-state index in [1.54, 1.807) is 7.11 Å². The van der Waals surface area contributed by atoms with Crippen LogP contribution in [0.5, 0.6) is 0 Å². The molecule has 0 amide bonds. The summed E-state index contributed by atoms with van der Waals surface area (Å²) < 4.78 is 11.2. The summed E-state index contributed by atoms with van der Waals surface area (Å²) in [6.45, 7) is 3.46. The molecular formula is C14H21NO2. The average Bonchev–Trinajstić information content (AvgIpc) is 2.53. The van der Waals surface area contributed by atoms with Gasteiger partial charge in [-0.15, -0.1) is 0 Å². The van der Waals surface area contributed by atoms with Crippen LogP contribution in [0.3, 0.4) is 0 Å². The van der Waals surface area contributed by atoms with Crippen LogP contribution in [0.15, 0.2) is 30.3 Å². The molecule has 94 valence electrons. The lowest BCUT2D eigenvalue weighted by molar-refractivity contribution is -0.00451. The molecule has 1 aromatic rings. The molecule has 1 heterocycles. The van der Waals surface area contributed by atoms with E-state index in [1.165, 1.54) is 5.56 Å². The highest BCUT2D eigenvalue weighted by atomic mass is 16.5. The van der Waals surface area contributed by atoms with Gasteiger partial charge in [0.05, 0.1) is 19.3 Å². The number of methoxy groups -OCH3 is 1. The van der Waals surface area contributed by atoms with Crippen molar-refractivity contribution in [2.45, 2.75) is 12.0 Å². The molecule has 0 spiro atoms. The summed E-state index contributed by atoms with van der Waals surface area (Å²) in [7, 11) is 3.88. The second-order valence-corrected chi connectivity index (χ2v) is 4.64. The Morgan fingerprint density at radius 3 is 2.82 bits per heavy atom. The molecule has 1 fully saturated rings. The molecule has 3 nitrogen and oxygen atoms in total. The van der Waals surface area contributed by atoms with E-state index in [2.05, 4.69) is 42.3 Å². The monoisotopic (exact) mass is 235 g/mol. The topological polar surface area (TPSA) is 21.7 Å². The number of nitrogens with zero attached hydrogens (tertiary/aromatic N) is 1. The highest BCUT2D eigenvalue weighted by Gasteiger charge is 2.27. The molecule has 1 aliphatic rings. The van der Waals surface area contributed by atoms with Gasteiger partial charge >= 0.3 is 0 Å². The van der Waals surface area contributed by atoms with Gasteiger partial charge < -0.3 is 14.4 Å². The van der Waals surface area contributed by atoms with Crippen LogP contribution in [-0.4, -0.2) is 51.5 Å². The lowest BCUT2D eigenvalue weighted by Crippen LogP contribution is -2.31. The van der Waals surface area contributed by atoms with E-state index >= 15 is 0 Å². The van der Waals surface area contributed by atoms with Crippen LogP contribution in [-0.2, 0) is 9.47 Å². The molecule has 1 aliphatic heterocycles. The van der Waals surface area contributed by atoms with Gasteiger partial charge in [0.1, 0.15) is 0 Å². The van der Waals surface area contributed by atoms with Crippen molar-refractivity contribution >= 4 is 0 Å². The maximum atomic E-state index is 5.91. The molecule has 0 saturated carbocycles. The first-order valence-electron chi connectivity index (χ1n) is 6.15. The summed E-state index contributed by atoms with van der Waals surface area (Å²) in [6, 6.07) is 10.6. The number of likely N-dealkylation sites (N-methyl/N-ethyl adjacent to an activating group) is 1. The minimum atomic E-state index is 0.160. The molecule has 2 atom stereocenters. The largest absolute Gasteiger partial charge is 0.382 e. The zero-order valence-electron chi connectivity index (χ0n) is 10.6. The number of benzene rings is 1. The van der Waals surface area contributed by atoms with Crippen LogP contribution in [0, 0.1) is 0 Å². The molecule has 0 bridgehead atoms. The van der Waals surface area contributed by atoms with Gasteiger partial charge in [0.2, 0.25) is 0 Å². The van der Waals surface area contributed by atoms with Crippen molar-refractivity contribution in [1.29, 1.82) is 0 Å². The number of hydrogen-bond acceptors (Lipinski definition) is 3. The van der Waals surface area contributed by atoms with E-state index in [1.807, 2.05) is 0 Å². The van der Waals surface area contributed by atoms with Crippen LogP contribution in [0.2, 0.25) is 0 Å². The normalized spacial score (nSPS) is 26.7. The fourth-order valence-corrected chi connectivity index (χ4v) is 2.37. The van der Waals surface area contributed by atoms with Crippen molar-refractivity contribution in [1.82, 2.24) is 4.90 Å². The fraction of sp³-hybridized carbons (Fsp3) is 0.571. The first-order chi connectivity index (χ1) is 8.31. The Morgan fingerprint density at radius 1 is 1.35 bits per heavy atom. The highest BCUT2D eigenvalue weighted by molar-refractivity contribution is 5.21. The van der Waals surface area contributed by atoms with Gasteiger partial charge in [-0.25, -0.2) is 0 Å². The zero-order valence-corrected chi connectivity index (χ0v) is 10.6. The third kappa shape index (κ3) is 3.28. The molecule has 0 aliphatic carbocycles. The first kappa shape index (κ1) is 12.6. The summed E-state index contributed by atoms with van der Waals surface area (Å²) in [5.74, 6) is 0.392. The summed E-state index contributed by atoms with van der Waals surface area (Å²) in [6.07, 6.45) is 0.160. The fourth-order valence-electron chi connectivity index (χ4n) is 2.37. The summed E-state index contributed by atoms with van der Waals surface area (Å²) in [5.41, 5.74) is 1.34. The van der Waals surface area contributed by atoms with Gasteiger partial charge in [0.15, 0.2) is 0 Å². The van der Waals surface area contributed by atoms with Crippen LogP contribution in [0.1, 0.15) is 11.5 Å². The minimum absolute atomic E-state index is 0.160. The molecule has 0 aromatic heterocycles. The van der Waals surface area contributed by atoms with E-state index in [9.17, 15) is 0 Å². The van der Waals surface area contributed by atoms with E-state index < -0.39 is 0 Å². The Morgan fingerprint density at radius 2 is 2.12 bits per heavy atom. The molecule has 2 rings (SSSR count). The zero-order chi connectivity index (χ0) is 12.1. The van der Waals surface area contributed by atoms with Crippen molar-refractivity contribution in [3.8, 4) is 0 Å². The smallest absolute Gasteiger partial charge is 0.0889 e. The van der Waals surface area contributed by atoms with Crippen LogP contribution >= 0.6 is 0 Å². The highest BCUT2D eigenvalue weighted by Crippen LogP contribution is 2.25. The van der Waals surface area contributed by atoms with Gasteiger partial charge in [-0.2, -0.15) is 0 Å². The average molecular weight is 235 g/mol. The lowest BCUT2D eigenvalue weighted by atomic mass is 9.93. The molecule has 17 heavy (non-hydrogen) atoms. The second-order valence-electron chi connectivity index (χ2n) is 4.64. The Bertz CT molecular complexity index is 328. The summed E-state index contributed by atoms with van der Waals surface area (Å²) in [5, 5.41) is 0.